The van der Waals surface area contributed by atoms with Crippen molar-refractivity contribution in [3.05, 3.63) is 65.0 Å². The topological polar surface area (TPSA) is 58.6 Å². The van der Waals surface area contributed by atoms with Crippen LogP contribution >= 0.6 is 0 Å². The number of halogens is 3. The van der Waals surface area contributed by atoms with Gasteiger partial charge in [0.15, 0.2) is 17.5 Å². The Morgan fingerprint density at radius 3 is 2.46 bits per heavy atom. The van der Waals surface area contributed by atoms with Crippen LogP contribution in [0.5, 0.6) is 5.75 Å². The van der Waals surface area contributed by atoms with Crippen LogP contribution in [0.3, 0.4) is 0 Å². The van der Waals surface area contributed by atoms with Crippen molar-refractivity contribution < 1.29 is 27.8 Å². The number of nitrogens with one attached hydrogen (secondary N) is 1. The summed E-state index contributed by atoms with van der Waals surface area (Å²) in [7, 11) is 0. The molecule has 0 bridgehead atoms. The molecule has 0 heterocycles. The Morgan fingerprint density at radius 2 is 1.88 bits per heavy atom. The van der Waals surface area contributed by atoms with Gasteiger partial charge >= 0.3 is 0 Å². The highest BCUT2D eigenvalue weighted by Crippen LogP contribution is 2.20. The molecular formula is C17H16F3NO3. The van der Waals surface area contributed by atoms with Crippen LogP contribution in [0.2, 0.25) is 0 Å². The van der Waals surface area contributed by atoms with Crippen molar-refractivity contribution in [3.63, 3.8) is 0 Å². The van der Waals surface area contributed by atoms with Crippen LogP contribution in [0, 0.1) is 17.5 Å². The minimum absolute atomic E-state index is 0.0804. The number of aliphatic hydroxyl groups is 1. The summed E-state index contributed by atoms with van der Waals surface area (Å²) in [4.78, 5) is 12.2. The molecule has 4 nitrogen and oxygen atoms in total. The molecule has 1 amide bonds. The largest absolute Gasteiger partial charge is 0.494 e. The molecule has 0 saturated heterocycles. The highest BCUT2D eigenvalue weighted by molar-refractivity contribution is 5.94. The molecule has 2 N–H and O–H groups in total. The van der Waals surface area contributed by atoms with Gasteiger partial charge in [-0.05, 0) is 42.8 Å². The second-order valence-electron chi connectivity index (χ2n) is 4.97. The van der Waals surface area contributed by atoms with E-state index in [1.54, 1.807) is 19.1 Å². The molecule has 1 atom stereocenters. The Morgan fingerprint density at radius 1 is 1.21 bits per heavy atom. The van der Waals surface area contributed by atoms with Gasteiger partial charge in [-0.2, -0.15) is 0 Å². The van der Waals surface area contributed by atoms with Crippen molar-refractivity contribution in [3.8, 4) is 5.75 Å². The molecule has 0 fully saturated rings. The van der Waals surface area contributed by atoms with Gasteiger partial charge in [0, 0.05) is 5.56 Å². The van der Waals surface area contributed by atoms with E-state index < -0.39 is 36.0 Å². The first-order valence-corrected chi connectivity index (χ1v) is 7.25. The maximum absolute atomic E-state index is 13.3. The molecule has 2 rings (SSSR count). The van der Waals surface area contributed by atoms with Crippen molar-refractivity contribution in [2.24, 2.45) is 0 Å². The predicted molar refractivity (Wildman–Crippen MR) is 81.2 cm³/mol. The summed E-state index contributed by atoms with van der Waals surface area (Å²) in [6.45, 7) is 1.62. The molecule has 0 saturated carbocycles. The molecule has 0 radical (unpaired) electrons. The number of benzene rings is 2. The van der Waals surface area contributed by atoms with E-state index >= 15 is 0 Å². The number of aliphatic hydroxyl groups excluding tert-OH is 1. The smallest absolute Gasteiger partial charge is 0.251 e. The van der Waals surface area contributed by atoms with Crippen LogP contribution in [0.15, 0.2) is 36.4 Å². The monoisotopic (exact) mass is 339 g/mol. The van der Waals surface area contributed by atoms with Crippen LogP contribution in [0.25, 0.3) is 0 Å². The van der Waals surface area contributed by atoms with Crippen LogP contribution in [0.4, 0.5) is 13.2 Å². The lowest BCUT2D eigenvalue weighted by Crippen LogP contribution is -2.31. The standard InChI is InChI=1S/C17H16F3NO3/c1-2-24-12-5-3-4-10(6-12)17(23)21-15(9-22)11-7-13(18)16(20)14(19)8-11/h3-8,15,22H,2,9H2,1H3,(H,21,23). The molecule has 2 aromatic carbocycles. The second kappa shape index (κ2) is 7.83. The molecule has 2 aromatic rings. The Kier molecular flexibility index (Phi) is 5.81. The first-order chi connectivity index (χ1) is 11.5. The fraction of sp³-hybridized carbons (Fsp3) is 0.235. The maximum atomic E-state index is 13.3. The van der Waals surface area contributed by atoms with Crippen molar-refractivity contribution in [2.45, 2.75) is 13.0 Å². The fourth-order valence-corrected chi connectivity index (χ4v) is 2.15. The van der Waals surface area contributed by atoms with Gasteiger partial charge in [-0.25, -0.2) is 13.2 Å². The van der Waals surface area contributed by atoms with E-state index in [2.05, 4.69) is 5.32 Å². The number of amides is 1. The summed E-state index contributed by atoms with van der Waals surface area (Å²) in [6, 6.07) is 6.70. The summed E-state index contributed by atoms with van der Waals surface area (Å²) in [6.07, 6.45) is 0. The molecule has 128 valence electrons. The third kappa shape index (κ3) is 4.05. The van der Waals surface area contributed by atoms with Gasteiger partial charge in [0.2, 0.25) is 0 Å². The minimum atomic E-state index is -1.61. The number of hydrogen-bond donors (Lipinski definition) is 2. The Hall–Kier alpha value is -2.54. The molecule has 0 aliphatic carbocycles. The van der Waals surface area contributed by atoms with Crippen molar-refractivity contribution in [1.82, 2.24) is 5.32 Å². The number of ether oxygens (including phenoxy) is 1. The van der Waals surface area contributed by atoms with E-state index in [0.717, 1.165) is 12.1 Å². The molecule has 0 aromatic heterocycles. The highest BCUT2D eigenvalue weighted by Gasteiger charge is 2.19. The number of carbonyl (C=O) groups excluding carboxylic acids is 1. The fourth-order valence-electron chi connectivity index (χ4n) is 2.15. The molecule has 1 unspecified atom stereocenters. The average molecular weight is 339 g/mol. The zero-order valence-corrected chi connectivity index (χ0v) is 12.9. The summed E-state index contributed by atoms with van der Waals surface area (Å²) in [5.74, 6) is -4.47. The number of carbonyl (C=O) groups is 1. The van der Waals surface area contributed by atoms with Gasteiger partial charge in [0.05, 0.1) is 19.3 Å². The molecule has 0 aliphatic heterocycles. The predicted octanol–water partition coefficient (Wildman–Crippen LogP) is 2.97. The van der Waals surface area contributed by atoms with E-state index in [4.69, 9.17) is 4.74 Å². The molecule has 24 heavy (non-hydrogen) atoms. The van der Waals surface area contributed by atoms with Crippen LogP contribution in [0.1, 0.15) is 28.9 Å². The van der Waals surface area contributed by atoms with Gasteiger partial charge in [-0.15, -0.1) is 0 Å². The minimum Gasteiger partial charge on any atom is -0.494 e. The lowest BCUT2D eigenvalue weighted by atomic mass is 10.1. The van der Waals surface area contributed by atoms with Gasteiger partial charge in [0.1, 0.15) is 5.75 Å². The Labute approximate surface area is 136 Å². The van der Waals surface area contributed by atoms with Gasteiger partial charge in [-0.1, -0.05) is 6.07 Å². The molecular weight excluding hydrogens is 323 g/mol. The van der Waals surface area contributed by atoms with E-state index in [0.29, 0.717) is 12.4 Å². The number of rotatable bonds is 6. The third-order valence-corrected chi connectivity index (χ3v) is 3.30. The highest BCUT2D eigenvalue weighted by atomic mass is 19.2. The first kappa shape index (κ1) is 17.8. The summed E-state index contributed by atoms with van der Waals surface area (Å²) < 4.78 is 44.9. The quantitative estimate of drug-likeness (QED) is 0.796. The summed E-state index contributed by atoms with van der Waals surface area (Å²) in [5.41, 5.74) is 0.172. The van der Waals surface area contributed by atoms with Gasteiger partial charge < -0.3 is 15.2 Å². The molecule has 7 heteroatoms. The zero-order valence-electron chi connectivity index (χ0n) is 12.9. The van der Waals surface area contributed by atoms with Gasteiger partial charge in [0.25, 0.3) is 5.91 Å². The number of hydrogen-bond acceptors (Lipinski definition) is 3. The lowest BCUT2D eigenvalue weighted by Gasteiger charge is -2.17. The van der Waals surface area contributed by atoms with E-state index in [9.17, 15) is 23.1 Å². The van der Waals surface area contributed by atoms with Crippen molar-refractivity contribution in [1.29, 1.82) is 0 Å². The summed E-state index contributed by atoms with van der Waals surface area (Å²) >= 11 is 0. The summed E-state index contributed by atoms with van der Waals surface area (Å²) in [5, 5.41) is 11.8. The van der Waals surface area contributed by atoms with Crippen molar-refractivity contribution in [2.75, 3.05) is 13.2 Å². The van der Waals surface area contributed by atoms with E-state index in [1.807, 2.05) is 0 Å². The SMILES string of the molecule is CCOc1cccc(C(=O)NC(CO)c2cc(F)c(F)c(F)c2)c1. The third-order valence-electron chi connectivity index (χ3n) is 3.30. The van der Waals surface area contributed by atoms with Crippen LogP contribution < -0.4 is 10.1 Å². The van der Waals surface area contributed by atoms with Crippen LogP contribution in [-0.2, 0) is 0 Å². The molecule has 0 spiro atoms. The molecule has 0 aliphatic rings. The maximum Gasteiger partial charge on any atom is 0.251 e. The van der Waals surface area contributed by atoms with E-state index in [-0.39, 0.29) is 11.1 Å². The zero-order chi connectivity index (χ0) is 17.7. The second-order valence-corrected chi connectivity index (χ2v) is 4.97. The lowest BCUT2D eigenvalue weighted by molar-refractivity contribution is 0.0915. The average Bonchev–Trinajstić information content (AvgIpc) is 2.57. The van der Waals surface area contributed by atoms with Gasteiger partial charge in [-0.3, -0.25) is 4.79 Å². The van der Waals surface area contributed by atoms with E-state index in [1.165, 1.54) is 12.1 Å². The Bertz CT molecular complexity index is 714. The Balaban J connectivity index is 2.21. The van der Waals surface area contributed by atoms with Crippen molar-refractivity contribution >= 4 is 5.91 Å². The first-order valence-electron chi connectivity index (χ1n) is 7.25. The van der Waals surface area contributed by atoms with Crippen LogP contribution in [-0.4, -0.2) is 24.2 Å². The normalized spacial score (nSPS) is 11.9.